The highest BCUT2D eigenvalue weighted by Crippen LogP contribution is 2.71. The summed E-state index contributed by atoms with van der Waals surface area (Å²) in [6.45, 7) is 3.53. The summed E-state index contributed by atoms with van der Waals surface area (Å²) in [4.78, 5) is 39.8. The number of nitrogens with zero attached hydrogens (tertiary/aromatic N) is 1. The Morgan fingerprint density at radius 2 is 2.04 bits per heavy atom. The van der Waals surface area contributed by atoms with Gasteiger partial charge in [0.25, 0.3) is 0 Å². The molecule has 1 aromatic carbocycles. The van der Waals surface area contributed by atoms with Gasteiger partial charge < -0.3 is 4.74 Å². The summed E-state index contributed by atoms with van der Waals surface area (Å²) in [7, 11) is 1.69. The number of ether oxygens (including phenoxy) is 1. The van der Waals surface area contributed by atoms with E-state index in [9.17, 15) is 14.4 Å². The highest BCUT2D eigenvalue weighted by atomic mass is 16.5. The Balaban J connectivity index is 1.64. The van der Waals surface area contributed by atoms with E-state index in [1.807, 2.05) is 6.07 Å². The number of rotatable bonds is 1. The van der Waals surface area contributed by atoms with Crippen LogP contribution in [-0.4, -0.2) is 35.6 Å². The molecule has 2 amide bonds. The molecule has 1 aliphatic heterocycles. The molecule has 4 aliphatic rings. The molecule has 0 bridgehead atoms. The molecule has 5 rings (SSSR count). The molecule has 5 atom stereocenters. The van der Waals surface area contributed by atoms with E-state index in [0.29, 0.717) is 18.8 Å². The Morgan fingerprint density at radius 1 is 1.25 bits per heavy atom. The summed E-state index contributed by atoms with van der Waals surface area (Å²) in [5, 5.41) is 0. The van der Waals surface area contributed by atoms with Crippen LogP contribution in [0.15, 0.2) is 18.2 Å². The van der Waals surface area contributed by atoms with Crippen molar-refractivity contribution in [3.05, 3.63) is 29.3 Å². The lowest BCUT2D eigenvalue weighted by Gasteiger charge is -2.56. The molecule has 3 aliphatic carbocycles. The minimum Gasteiger partial charge on any atom is -0.497 e. The van der Waals surface area contributed by atoms with Crippen LogP contribution in [0.25, 0.3) is 0 Å². The first-order valence-electron chi connectivity index (χ1n) is 10.4. The van der Waals surface area contributed by atoms with Gasteiger partial charge in [-0.2, -0.15) is 0 Å². The monoisotopic (exact) mass is 381 g/mol. The first-order valence-corrected chi connectivity index (χ1v) is 10.4. The fraction of sp³-hybridized carbons (Fsp3) is 0.609. The molecule has 28 heavy (non-hydrogen) atoms. The van der Waals surface area contributed by atoms with E-state index in [4.69, 9.17) is 4.74 Å². The zero-order valence-electron chi connectivity index (χ0n) is 16.8. The number of imide groups is 1. The van der Waals surface area contributed by atoms with Crippen molar-refractivity contribution in [2.75, 3.05) is 7.11 Å². The molecule has 5 nitrogen and oxygen atoms in total. The van der Waals surface area contributed by atoms with Gasteiger partial charge in [0.2, 0.25) is 11.8 Å². The molecule has 1 spiro atoms. The summed E-state index contributed by atoms with van der Waals surface area (Å²) in [5.74, 6) is 1.43. The predicted octanol–water partition coefficient (Wildman–Crippen LogP) is 3.25. The summed E-state index contributed by atoms with van der Waals surface area (Å²) in [6, 6.07) is 6.07. The summed E-state index contributed by atoms with van der Waals surface area (Å²) in [5.41, 5.74) is 1.77. The molecule has 5 heteroatoms. The molecule has 0 unspecified atom stereocenters. The first kappa shape index (κ1) is 17.9. The average Bonchev–Trinajstić information content (AvgIpc) is 3.07. The minimum absolute atomic E-state index is 0.0857. The number of hydrogen-bond acceptors (Lipinski definition) is 4. The molecule has 2 saturated carbocycles. The van der Waals surface area contributed by atoms with Gasteiger partial charge in [-0.25, -0.2) is 0 Å². The molecule has 148 valence electrons. The van der Waals surface area contributed by atoms with Crippen molar-refractivity contribution in [3.63, 3.8) is 0 Å². The van der Waals surface area contributed by atoms with E-state index in [2.05, 4.69) is 19.1 Å². The maximum Gasteiger partial charge on any atom is 0.230 e. The Labute approximate surface area is 165 Å². The van der Waals surface area contributed by atoms with Crippen molar-refractivity contribution in [2.24, 2.45) is 16.7 Å². The Kier molecular flexibility index (Phi) is 3.63. The molecule has 0 N–H and O–H groups in total. The molecular weight excluding hydrogens is 354 g/mol. The molecule has 1 heterocycles. The quantitative estimate of drug-likeness (QED) is 0.749. The Hall–Kier alpha value is -2.17. The number of carbonyl (C=O) groups excluding carboxylic acids is 3. The maximum absolute atomic E-state index is 13.2. The number of Topliss-reactive ketones (excluding diaryl/α,β-unsaturated/α-hetero) is 1. The van der Waals surface area contributed by atoms with Crippen LogP contribution in [0.2, 0.25) is 0 Å². The van der Waals surface area contributed by atoms with Crippen molar-refractivity contribution in [1.82, 2.24) is 4.90 Å². The van der Waals surface area contributed by atoms with Gasteiger partial charge in [0.05, 0.1) is 13.2 Å². The van der Waals surface area contributed by atoms with Gasteiger partial charge in [0.15, 0.2) is 0 Å². The van der Waals surface area contributed by atoms with E-state index in [1.54, 1.807) is 7.11 Å². The molecule has 0 aromatic heterocycles. The van der Waals surface area contributed by atoms with Crippen LogP contribution in [0.1, 0.15) is 63.0 Å². The fourth-order valence-electron chi connectivity index (χ4n) is 7.34. The molecular formula is C23H27NO4. The van der Waals surface area contributed by atoms with Gasteiger partial charge in [0, 0.05) is 30.6 Å². The Bertz CT molecular complexity index is 908. The van der Waals surface area contributed by atoms with E-state index in [1.165, 1.54) is 23.0 Å². The lowest BCUT2D eigenvalue weighted by Crippen LogP contribution is -2.55. The van der Waals surface area contributed by atoms with Gasteiger partial charge in [-0.15, -0.1) is 0 Å². The van der Waals surface area contributed by atoms with E-state index < -0.39 is 10.8 Å². The lowest BCUT2D eigenvalue weighted by atomic mass is 9.46. The second-order valence-corrected chi connectivity index (χ2v) is 9.33. The molecule has 1 saturated heterocycles. The van der Waals surface area contributed by atoms with Crippen molar-refractivity contribution in [3.8, 4) is 5.75 Å². The van der Waals surface area contributed by atoms with Crippen molar-refractivity contribution < 1.29 is 19.1 Å². The third-order valence-corrected chi connectivity index (χ3v) is 8.56. The van der Waals surface area contributed by atoms with E-state index >= 15 is 0 Å². The van der Waals surface area contributed by atoms with Crippen LogP contribution in [0.3, 0.4) is 0 Å². The van der Waals surface area contributed by atoms with Crippen LogP contribution < -0.4 is 4.74 Å². The number of likely N-dealkylation sites (tertiary alicyclic amines) is 1. The predicted molar refractivity (Wildman–Crippen MR) is 103 cm³/mol. The summed E-state index contributed by atoms with van der Waals surface area (Å²) >= 11 is 0. The highest BCUT2D eigenvalue weighted by Gasteiger charge is 2.73. The largest absolute Gasteiger partial charge is 0.497 e. The first-order chi connectivity index (χ1) is 13.3. The van der Waals surface area contributed by atoms with Crippen LogP contribution in [-0.2, 0) is 20.8 Å². The van der Waals surface area contributed by atoms with Gasteiger partial charge in [-0.05, 0) is 60.8 Å². The highest BCUT2D eigenvalue weighted by molar-refractivity contribution is 6.01. The number of carbonyl (C=O) groups is 3. The number of ketones is 1. The van der Waals surface area contributed by atoms with Gasteiger partial charge in [-0.3, -0.25) is 19.3 Å². The second-order valence-electron chi connectivity index (χ2n) is 9.33. The number of methoxy groups -OCH3 is 1. The van der Waals surface area contributed by atoms with Crippen molar-refractivity contribution in [1.29, 1.82) is 0 Å². The molecule has 1 aromatic rings. The summed E-state index contributed by atoms with van der Waals surface area (Å²) < 4.78 is 5.40. The second kappa shape index (κ2) is 5.68. The van der Waals surface area contributed by atoms with Crippen LogP contribution >= 0.6 is 0 Å². The van der Waals surface area contributed by atoms with Gasteiger partial charge in [-0.1, -0.05) is 13.0 Å². The number of fused-ring (bicyclic) bond motifs is 3. The van der Waals surface area contributed by atoms with Gasteiger partial charge >= 0.3 is 0 Å². The Morgan fingerprint density at radius 3 is 2.75 bits per heavy atom. The maximum atomic E-state index is 13.2. The fourth-order valence-corrected chi connectivity index (χ4v) is 7.34. The number of benzene rings is 1. The van der Waals surface area contributed by atoms with Crippen LogP contribution in [0.5, 0.6) is 5.75 Å². The number of aryl methyl sites for hydroxylation is 1. The molecule has 0 radical (unpaired) electrons. The minimum atomic E-state index is -0.497. The smallest absolute Gasteiger partial charge is 0.230 e. The van der Waals surface area contributed by atoms with Crippen LogP contribution in [0.4, 0.5) is 0 Å². The SMILES string of the molecule is COc1ccc2c(c1)CC[C@@H]1[C@@H]2CC[C@]2(C)C(=O)C[C@H]3N(C(C)=O)C(=O)C[C@]132. The lowest BCUT2D eigenvalue weighted by molar-refractivity contribution is -0.142. The topological polar surface area (TPSA) is 63.7 Å². The zero-order chi connectivity index (χ0) is 19.8. The molecule has 3 fully saturated rings. The third kappa shape index (κ3) is 1.95. The number of hydrogen-bond donors (Lipinski definition) is 0. The van der Waals surface area contributed by atoms with Crippen molar-refractivity contribution in [2.45, 2.75) is 64.3 Å². The van der Waals surface area contributed by atoms with E-state index in [0.717, 1.165) is 31.4 Å². The average molecular weight is 381 g/mol. The van der Waals surface area contributed by atoms with E-state index in [-0.39, 0.29) is 29.6 Å². The zero-order valence-corrected chi connectivity index (χ0v) is 16.8. The normalized spacial score (nSPS) is 38.5. The van der Waals surface area contributed by atoms with Crippen molar-refractivity contribution >= 4 is 17.6 Å². The number of amides is 2. The summed E-state index contributed by atoms with van der Waals surface area (Å²) in [6.07, 6.45) is 4.33. The van der Waals surface area contributed by atoms with Crippen LogP contribution in [0, 0.1) is 16.7 Å². The van der Waals surface area contributed by atoms with Gasteiger partial charge in [0.1, 0.15) is 11.5 Å². The standard InChI is InChI=1S/C23H27NO4/c1-13(25)24-19-11-20(26)22(2)9-8-17-16-6-5-15(28-3)10-14(16)4-7-18(17)23(19,22)12-21(24)27/h5-6,10,17-19H,4,7-9,11-12H2,1-3H3/t17-,18-,19-,22-,23+/m1/s1. The third-order valence-electron chi connectivity index (χ3n) is 8.56.